The number of hydrogen-bond acceptors (Lipinski definition) is 1. The van der Waals surface area contributed by atoms with Crippen molar-refractivity contribution in [1.29, 1.82) is 0 Å². The SMILES string of the molecule is C[C@@H]1[C@@H](c2ccccc2)c2c(c3ccccc3n2Cc2ccccc2)CN1C. The van der Waals surface area contributed by atoms with E-state index in [1.54, 1.807) is 0 Å². The summed E-state index contributed by atoms with van der Waals surface area (Å²) in [4.78, 5) is 2.50. The van der Waals surface area contributed by atoms with Crippen LogP contribution in [-0.2, 0) is 13.1 Å². The van der Waals surface area contributed by atoms with E-state index in [2.05, 4.69) is 108 Å². The fraction of sp³-hybridized carbons (Fsp3) is 0.231. The van der Waals surface area contributed by atoms with E-state index in [0.29, 0.717) is 12.0 Å². The van der Waals surface area contributed by atoms with E-state index in [9.17, 15) is 0 Å². The summed E-state index contributed by atoms with van der Waals surface area (Å²) in [7, 11) is 2.26. The average Bonchev–Trinajstić information content (AvgIpc) is 3.04. The van der Waals surface area contributed by atoms with Crippen LogP contribution in [0.1, 0.15) is 35.2 Å². The molecular formula is C26H26N2. The molecule has 0 saturated carbocycles. The van der Waals surface area contributed by atoms with Crippen molar-refractivity contribution in [2.24, 2.45) is 0 Å². The fourth-order valence-electron chi connectivity index (χ4n) is 4.83. The number of para-hydroxylation sites is 1. The Hall–Kier alpha value is -2.84. The third-order valence-electron chi connectivity index (χ3n) is 6.34. The van der Waals surface area contributed by atoms with Gasteiger partial charge >= 0.3 is 0 Å². The van der Waals surface area contributed by atoms with Gasteiger partial charge in [-0.2, -0.15) is 0 Å². The summed E-state index contributed by atoms with van der Waals surface area (Å²) in [5, 5.41) is 1.40. The van der Waals surface area contributed by atoms with Gasteiger partial charge in [-0.3, -0.25) is 4.90 Å². The molecule has 1 aromatic heterocycles. The molecular weight excluding hydrogens is 340 g/mol. The molecule has 4 aromatic rings. The highest BCUT2D eigenvalue weighted by Crippen LogP contribution is 2.42. The maximum Gasteiger partial charge on any atom is 0.0489 e. The molecule has 2 heterocycles. The number of fused-ring (bicyclic) bond motifs is 3. The van der Waals surface area contributed by atoms with Gasteiger partial charge < -0.3 is 4.57 Å². The third kappa shape index (κ3) is 2.76. The summed E-state index contributed by atoms with van der Waals surface area (Å²) >= 11 is 0. The van der Waals surface area contributed by atoms with Gasteiger partial charge in [0.1, 0.15) is 0 Å². The van der Waals surface area contributed by atoms with Crippen LogP contribution >= 0.6 is 0 Å². The summed E-state index contributed by atoms with van der Waals surface area (Å²) in [5.41, 5.74) is 7.08. The van der Waals surface area contributed by atoms with Gasteiger partial charge in [-0.1, -0.05) is 78.9 Å². The molecule has 2 nitrogen and oxygen atoms in total. The highest BCUT2D eigenvalue weighted by atomic mass is 15.2. The molecule has 28 heavy (non-hydrogen) atoms. The van der Waals surface area contributed by atoms with E-state index in [-0.39, 0.29) is 0 Å². The maximum absolute atomic E-state index is 2.57. The predicted molar refractivity (Wildman–Crippen MR) is 117 cm³/mol. The first-order chi connectivity index (χ1) is 13.7. The van der Waals surface area contributed by atoms with Gasteiger partial charge in [0.15, 0.2) is 0 Å². The fourth-order valence-corrected chi connectivity index (χ4v) is 4.83. The Balaban J connectivity index is 1.77. The van der Waals surface area contributed by atoms with Gasteiger partial charge in [0.2, 0.25) is 0 Å². The zero-order valence-electron chi connectivity index (χ0n) is 16.5. The molecule has 0 aliphatic carbocycles. The van der Waals surface area contributed by atoms with Crippen molar-refractivity contribution in [3.63, 3.8) is 0 Å². The van der Waals surface area contributed by atoms with Crippen LogP contribution in [0.4, 0.5) is 0 Å². The average molecular weight is 367 g/mol. The van der Waals surface area contributed by atoms with Crippen LogP contribution in [0.3, 0.4) is 0 Å². The molecule has 0 radical (unpaired) electrons. The van der Waals surface area contributed by atoms with Crippen LogP contribution in [0.5, 0.6) is 0 Å². The first-order valence-electron chi connectivity index (χ1n) is 10.1. The lowest BCUT2D eigenvalue weighted by molar-refractivity contribution is 0.208. The number of likely N-dealkylation sites (N-methyl/N-ethyl adjacent to an activating group) is 1. The Bertz CT molecular complexity index is 1100. The summed E-state index contributed by atoms with van der Waals surface area (Å²) in [6.07, 6.45) is 0. The van der Waals surface area contributed by atoms with Crippen molar-refractivity contribution in [3.05, 3.63) is 107 Å². The Kier molecular flexibility index (Phi) is 4.29. The van der Waals surface area contributed by atoms with Crippen LogP contribution in [0, 0.1) is 0 Å². The van der Waals surface area contributed by atoms with Crippen LogP contribution in [0.2, 0.25) is 0 Å². The van der Waals surface area contributed by atoms with E-state index in [1.807, 2.05) is 0 Å². The van der Waals surface area contributed by atoms with Gasteiger partial charge in [-0.25, -0.2) is 0 Å². The van der Waals surface area contributed by atoms with Gasteiger partial charge in [0.25, 0.3) is 0 Å². The first-order valence-corrected chi connectivity index (χ1v) is 10.1. The Morgan fingerprint density at radius 1 is 0.821 bits per heavy atom. The van der Waals surface area contributed by atoms with Crippen molar-refractivity contribution >= 4 is 10.9 Å². The topological polar surface area (TPSA) is 8.17 Å². The Morgan fingerprint density at radius 2 is 1.46 bits per heavy atom. The van der Waals surface area contributed by atoms with Crippen molar-refractivity contribution < 1.29 is 0 Å². The van der Waals surface area contributed by atoms with Gasteiger partial charge in [0.05, 0.1) is 0 Å². The van der Waals surface area contributed by atoms with Crippen LogP contribution < -0.4 is 0 Å². The van der Waals surface area contributed by atoms with E-state index in [0.717, 1.165) is 13.1 Å². The molecule has 0 saturated heterocycles. The molecule has 0 unspecified atom stereocenters. The lowest BCUT2D eigenvalue weighted by Gasteiger charge is -2.38. The van der Waals surface area contributed by atoms with Crippen LogP contribution in [0.15, 0.2) is 84.9 Å². The van der Waals surface area contributed by atoms with Crippen molar-refractivity contribution in [3.8, 4) is 0 Å². The minimum atomic E-state index is 0.367. The van der Waals surface area contributed by atoms with E-state index in [4.69, 9.17) is 0 Å². The normalized spacial score (nSPS) is 19.6. The van der Waals surface area contributed by atoms with E-state index >= 15 is 0 Å². The number of benzene rings is 3. The molecule has 0 bridgehead atoms. The molecule has 0 amide bonds. The molecule has 0 spiro atoms. The third-order valence-corrected chi connectivity index (χ3v) is 6.34. The molecule has 2 heteroatoms. The Labute approximate surface area is 167 Å². The zero-order valence-corrected chi connectivity index (χ0v) is 16.5. The second kappa shape index (κ2) is 6.96. The summed E-state index contributed by atoms with van der Waals surface area (Å²) in [5.74, 6) is 0.367. The quantitative estimate of drug-likeness (QED) is 0.454. The standard InChI is InChI=1S/C26H26N2/c1-19-25(21-13-7-4-8-14-21)26-23(18-27(19)2)22-15-9-10-16-24(22)28(26)17-20-11-5-3-6-12-20/h3-16,19,25H,17-18H2,1-2H3/t19-,25+/m1/s1. The monoisotopic (exact) mass is 366 g/mol. The largest absolute Gasteiger partial charge is 0.339 e. The van der Waals surface area contributed by atoms with Gasteiger partial charge in [0, 0.05) is 41.6 Å². The Morgan fingerprint density at radius 3 is 2.21 bits per heavy atom. The second-order valence-corrected chi connectivity index (χ2v) is 8.00. The molecule has 1 aliphatic rings. The zero-order chi connectivity index (χ0) is 19.1. The van der Waals surface area contributed by atoms with Gasteiger partial charge in [-0.15, -0.1) is 0 Å². The first kappa shape index (κ1) is 17.3. The van der Waals surface area contributed by atoms with E-state index in [1.165, 1.54) is 33.3 Å². The highest BCUT2D eigenvalue weighted by molar-refractivity contribution is 5.86. The summed E-state index contributed by atoms with van der Waals surface area (Å²) < 4.78 is 2.57. The number of aromatic nitrogens is 1. The van der Waals surface area contributed by atoms with Crippen LogP contribution in [0.25, 0.3) is 10.9 Å². The maximum atomic E-state index is 2.57. The van der Waals surface area contributed by atoms with Crippen molar-refractivity contribution in [2.45, 2.75) is 32.0 Å². The minimum Gasteiger partial charge on any atom is -0.339 e. The smallest absolute Gasteiger partial charge is 0.0489 e. The second-order valence-electron chi connectivity index (χ2n) is 8.00. The number of nitrogens with zero attached hydrogens (tertiary/aromatic N) is 2. The molecule has 2 atom stereocenters. The van der Waals surface area contributed by atoms with E-state index < -0.39 is 0 Å². The number of rotatable bonds is 3. The lowest BCUT2D eigenvalue weighted by atomic mass is 9.83. The molecule has 140 valence electrons. The van der Waals surface area contributed by atoms with Crippen molar-refractivity contribution in [2.75, 3.05) is 7.05 Å². The molecule has 0 fully saturated rings. The predicted octanol–water partition coefficient (Wildman–Crippen LogP) is 5.66. The lowest BCUT2D eigenvalue weighted by Crippen LogP contribution is -2.40. The molecule has 3 aromatic carbocycles. The molecule has 5 rings (SSSR count). The van der Waals surface area contributed by atoms with Crippen molar-refractivity contribution in [1.82, 2.24) is 9.47 Å². The minimum absolute atomic E-state index is 0.367. The molecule has 0 N–H and O–H groups in total. The molecule has 1 aliphatic heterocycles. The van der Waals surface area contributed by atoms with Crippen LogP contribution in [-0.4, -0.2) is 22.6 Å². The summed E-state index contributed by atoms with van der Waals surface area (Å²) in [6, 6.07) is 31.2. The number of hydrogen-bond donors (Lipinski definition) is 0. The summed E-state index contributed by atoms with van der Waals surface area (Å²) in [6.45, 7) is 4.28. The van der Waals surface area contributed by atoms with Gasteiger partial charge in [-0.05, 0) is 36.7 Å². The highest BCUT2D eigenvalue weighted by Gasteiger charge is 2.35.